The zero-order chi connectivity index (χ0) is 23.7. The van der Waals surface area contributed by atoms with E-state index in [1.54, 1.807) is 0 Å². The minimum atomic E-state index is -3.45. The highest BCUT2D eigenvalue weighted by molar-refractivity contribution is 9.10. The van der Waals surface area contributed by atoms with Crippen LogP contribution in [0.15, 0.2) is 10.8 Å². The van der Waals surface area contributed by atoms with E-state index in [0.717, 1.165) is 13.8 Å². The lowest BCUT2D eigenvalue weighted by Gasteiger charge is -2.55. The molecule has 0 unspecified atom stereocenters. The maximum absolute atomic E-state index is 14.6. The van der Waals surface area contributed by atoms with Crippen LogP contribution >= 0.6 is 15.9 Å². The molecule has 3 rings (SSSR count). The van der Waals surface area contributed by atoms with Crippen molar-refractivity contribution in [2.45, 2.75) is 43.8 Å². The Bertz CT molecular complexity index is 1160. The summed E-state index contributed by atoms with van der Waals surface area (Å²) in [6, 6.07) is 0.535. The molecule has 1 saturated heterocycles. The lowest BCUT2D eigenvalue weighted by atomic mass is 9.63. The third-order valence-corrected chi connectivity index (χ3v) is 6.15. The van der Waals surface area contributed by atoms with E-state index in [-0.39, 0.29) is 0 Å². The monoisotopic (exact) mass is 508 g/mol. The van der Waals surface area contributed by atoms with Gasteiger partial charge in [-0.05, 0) is 36.7 Å². The van der Waals surface area contributed by atoms with Gasteiger partial charge >= 0.3 is 0 Å². The normalized spacial score (nSPS) is 31.1. The number of ketones is 3. The smallest absolute Gasteiger partial charge is 0.207 e. The molecule has 2 aromatic rings. The Kier molecular flexibility index (Phi) is 5.43. The summed E-state index contributed by atoms with van der Waals surface area (Å²) >= 11 is 2.90. The van der Waals surface area contributed by atoms with E-state index in [4.69, 9.17) is 4.74 Å². The standard InChI is InChI=1S/C18H16BrF3N2O7/c1-6(25)16(28)5-31-14(17(29,7(2)26)18(16,30)8(3)27)24-13-10(23-15(24)19)4-9(20)11(21)12(13)22/h4,14,28-30H,5H2,1-3H3/t14-,16+,17+,18-/m1/s1. The van der Waals surface area contributed by atoms with Gasteiger partial charge in [0.2, 0.25) is 11.2 Å². The molecule has 13 heteroatoms. The zero-order valence-corrected chi connectivity index (χ0v) is 17.8. The molecule has 31 heavy (non-hydrogen) atoms. The summed E-state index contributed by atoms with van der Waals surface area (Å²) in [7, 11) is 0. The number of carbonyl (C=O) groups excluding carboxylic acids is 3. The number of aromatic nitrogens is 2. The van der Waals surface area contributed by atoms with Crippen molar-refractivity contribution in [2.24, 2.45) is 0 Å². The summed E-state index contributed by atoms with van der Waals surface area (Å²) in [6.07, 6.45) is -2.20. The molecule has 2 heterocycles. The van der Waals surface area contributed by atoms with Crippen LogP contribution < -0.4 is 0 Å². The number of nitrogens with zero attached hydrogens (tertiary/aromatic N) is 2. The molecule has 0 saturated carbocycles. The van der Waals surface area contributed by atoms with Crippen LogP contribution in [0.2, 0.25) is 0 Å². The van der Waals surface area contributed by atoms with Gasteiger partial charge in [-0.1, -0.05) is 0 Å². The average molecular weight is 509 g/mol. The highest BCUT2D eigenvalue weighted by Gasteiger charge is 2.76. The van der Waals surface area contributed by atoms with Gasteiger partial charge in [0.05, 0.1) is 12.1 Å². The number of imidazole rings is 1. The number of aliphatic hydroxyl groups is 3. The van der Waals surface area contributed by atoms with Gasteiger partial charge in [-0.2, -0.15) is 0 Å². The number of ether oxygens (including phenoxy) is 1. The number of rotatable bonds is 4. The third-order valence-electron chi connectivity index (χ3n) is 5.59. The van der Waals surface area contributed by atoms with Crippen LogP contribution in [0.3, 0.4) is 0 Å². The number of fused-ring (bicyclic) bond motifs is 1. The van der Waals surface area contributed by atoms with Crippen LogP contribution in [0, 0.1) is 17.5 Å². The summed E-state index contributed by atoms with van der Waals surface area (Å²) in [5, 5.41) is 33.3. The highest BCUT2D eigenvalue weighted by Crippen LogP contribution is 2.49. The van der Waals surface area contributed by atoms with Crippen LogP contribution in [0.1, 0.15) is 27.0 Å². The molecule has 1 aliphatic heterocycles. The Morgan fingerprint density at radius 1 is 1.10 bits per heavy atom. The van der Waals surface area contributed by atoms with Crippen LogP contribution in [-0.2, 0) is 19.1 Å². The van der Waals surface area contributed by atoms with E-state index in [9.17, 15) is 42.9 Å². The van der Waals surface area contributed by atoms with Gasteiger partial charge in [-0.25, -0.2) is 18.2 Å². The van der Waals surface area contributed by atoms with Gasteiger partial charge < -0.3 is 20.1 Å². The Hall–Kier alpha value is -2.19. The Morgan fingerprint density at radius 2 is 1.68 bits per heavy atom. The Labute approximate surface area is 180 Å². The van der Waals surface area contributed by atoms with Crippen LogP contribution in [0.4, 0.5) is 13.2 Å². The molecule has 0 aliphatic carbocycles. The number of carbonyl (C=O) groups is 3. The largest absolute Gasteiger partial charge is 0.376 e. The quantitative estimate of drug-likeness (QED) is 0.513. The topological polar surface area (TPSA) is 139 Å². The molecular formula is C18H16BrF3N2O7. The summed E-state index contributed by atoms with van der Waals surface area (Å²) in [6.45, 7) is 1.11. The molecule has 4 atom stereocenters. The van der Waals surface area contributed by atoms with Crippen molar-refractivity contribution in [3.8, 4) is 0 Å². The highest BCUT2D eigenvalue weighted by atomic mass is 79.9. The fourth-order valence-corrected chi connectivity index (χ4v) is 4.43. The second kappa shape index (κ2) is 7.17. The lowest BCUT2D eigenvalue weighted by Crippen LogP contribution is -2.82. The van der Waals surface area contributed by atoms with Crippen molar-refractivity contribution in [2.75, 3.05) is 6.61 Å². The van der Waals surface area contributed by atoms with Gasteiger partial charge in [-0.3, -0.25) is 19.0 Å². The second-order valence-electron chi connectivity index (χ2n) is 7.27. The van der Waals surface area contributed by atoms with Gasteiger partial charge in [0.15, 0.2) is 51.4 Å². The zero-order valence-electron chi connectivity index (χ0n) is 16.2. The first kappa shape index (κ1) is 23.5. The number of benzene rings is 1. The maximum Gasteiger partial charge on any atom is 0.207 e. The maximum atomic E-state index is 14.6. The molecule has 1 fully saturated rings. The van der Waals surface area contributed by atoms with Crippen LogP contribution in [0.25, 0.3) is 11.0 Å². The molecular weight excluding hydrogens is 493 g/mol. The first-order valence-corrected chi connectivity index (χ1v) is 9.48. The van der Waals surface area contributed by atoms with Crippen molar-refractivity contribution in [3.63, 3.8) is 0 Å². The molecule has 1 aromatic heterocycles. The number of hydrogen-bond donors (Lipinski definition) is 3. The minimum Gasteiger partial charge on any atom is -0.376 e. The molecule has 3 N–H and O–H groups in total. The first-order chi connectivity index (χ1) is 14.2. The molecule has 1 aliphatic rings. The van der Waals surface area contributed by atoms with Gasteiger partial charge in [0.25, 0.3) is 0 Å². The van der Waals surface area contributed by atoms with Crippen molar-refractivity contribution < 1.29 is 47.6 Å². The van der Waals surface area contributed by atoms with Gasteiger partial charge in [0.1, 0.15) is 5.52 Å². The summed E-state index contributed by atoms with van der Waals surface area (Å²) < 4.78 is 47.6. The van der Waals surface area contributed by atoms with E-state index in [2.05, 4.69) is 20.9 Å². The summed E-state index contributed by atoms with van der Waals surface area (Å²) in [5.74, 6) is -9.18. The van der Waals surface area contributed by atoms with Crippen molar-refractivity contribution in [1.82, 2.24) is 9.55 Å². The van der Waals surface area contributed by atoms with Crippen molar-refractivity contribution in [3.05, 3.63) is 28.3 Å². The second-order valence-corrected chi connectivity index (χ2v) is 7.98. The van der Waals surface area contributed by atoms with E-state index in [0.29, 0.717) is 17.6 Å². The molecule has 0 amide bonds. The predicted molar refractivity (Wildman–Crippen MR) is 99.2 cm³/mol. The fourth-order valence-electron chi connectivity index (χ4n) is 3.87. The number of Topliss-reactive ketones (excluding diaryl/α,β-unsaturated/α-hetero) is 3. The molecule has 168 valence electrons. The molecule has 0 radical (unpaired) electrons. The lowest BCUT2D eigenvalue weighted by molar-refractivity contribution is -0.310. The summed E-state index contributed by atoms with van der Waals surface area (Å²) in [5.41, 5.74) is -11.1. The molecule has 0 spiro atoms. The van der Waals surface area contributed by atoms with Crippen molar-refractivity contribution >= 4 is 44.3 Å². The van der Waals surface area contributed by atoms with Gasteiger partial charge in [0, 0.05) is 6.07 Å². The SMILES string of the molecule is CC(=O)[C@@]1(O)[C@@](O)(C(C)=O)CO[C@@H](n2c(Br)nc3cc(F)c(F)c(F)c32)[C@@]1(O)C(C)=O. The molecule has 1 aromatic carbocycles. The molecule has 0 bridgehead atoms. The van der Waals surface area contributed by atoms with E-state index >= 15 is 0 Å². The summed E-state index contributed by atoms with van der Waals surface area (Å²) in [4.78, 5) is 40.9. The van der Waals surface area contributed by atoms with Crippen molar-refractivity contribution in [1.29, 1.82) is 0 Å². The van der Waals surface area contributed by atoms with Gasteiger partial charge in [-0.15, -0.1) is 0 Å². The fraction of sp³-hybridized carbons (Fsp3) is 0.444. The predicted octanol–water partition coefficient (Wildman–Crippen LogP) is 0.705. The van der Waals surface area contributed by atoms with E-state index in [1.807, 2.05) is 0 Å². The number of halogens is 4. The Morgan fingerprint density at radius 3 is 2.16 bits per heavy atom. The van der Waals surface area contributed by atoms with E-state index in [1.165, 1.54) is 0 Å². The van der Waals surface area contributed by atoms with E-state index < -0.39 is 80.2 Å². The van der Waals surface area contributed by atoms with Crippen LogP contribution in [0.5, 0.6) is 0 Å². The Balaban J connectivity index is 2.42. The molecule has 9 nitrogen and oxygen atoms in total. The average Bonchev–Trinajstić information content (AvgIpc) is 2.99. The third kappa shape index (κ3) is 2.77. The number of hydrogen-bond acceptors (Lipinski definition) is 8. The van der Waals surface area contributed by atoms with Crippen LogP contribution in [-0.4, -0.2) is 65.6 Å². The first-order valence-electron chi connectivity index (χ1n) is 8.69. The minimum absolute atomic E-state index is 0.407.